The molecule has 0 nitrogen and oxygen atoms in total. The van der Waals surface area contributed by atoms with E-state index in [2.05, 4.69) is 41.2 Å². The summed E-state index contributed by atoms with van der Waals surface area (Å²) in [6, 6.07) is 2.20. The maximum absolute atomic E-state index is 3.46. The normalized spacial score (nSPS) is 13.4. The van der Waals surface area contributed by atoms with E-state index >= 15 is 0 Å². The Kier molecular flexibility index (Phi) is 3.60. The molecule has 1 heterocycles. The molecular formula is C9H13BrS. The van der Waals surface area contributed by atoms with Crippen molar-refractivity contribution in [3.63, 3.8) is 0 Å². The molecule has 1 rings (SSSR count). The summed E-state index contributed by atoms with van der Waals surface area (Å²) in [6.07, 6.45) is 1.24. The highest BCUT2D eigenvalue weighted by Crippen LogP contribution is 2.27. The summed E-state index contributed by atoms with van der Waals surface area (Å²) < 4.78 is 0. The molecule has 0 saturated carbocycles. The quantitative estimate of drug-likeness (QED) is 0.693. The van der Waals surface area contributed by atoms with Crippen LogP contribution in [0.25, 0.3) is 0 Å². The van der Waals surface area contributed by atoms with Gasteiger partial charge in [0.15, 0.2) is 0 Å². The van der Waals surface area contributed by atoms with Crippen LogP contribution < -0.4 is 0 Å². The molecule has 0 aliphatic heterocycles. The van der Waals surface area contributed by atoms with Gasteiger partial charge < -0.3 is 0 Å². The second-order valence-corrected chi connectivity index (χ2v) is 4.59. The lowest BCUT2D eigenvalue weighted by Gasteiger charge is -2.07. The molecule has 0 fully saturated rings. The summed E-state index contributed by atoms with van der Waals surface area (Å²) in [5.74, 6) is 0.717. The third-order valence-electron chi connectivity index (χ3n) is 1.89. The second kappa shape index (κ2) is 4.27. The summed E-state index contributed by atoms with van der Waals surface area (Å²) in [7, 11) is 0. The van der Waals surface area contributed by atoms with Crippen LogP contribution in [0.1, 0.15) is 29.7 Å². The van der Waals surface area contributed by atoms with Crippen LogP contribution in [0.2, 0.25) is 0 Å². The number of halogens is 1. The van der Waals surface area contributed by atoms with Crippen molar-refractivity contribution in [2.45, 2.75) is 26.2 Å². The zero-order chi connectivity index (χ0) is 8.27. The molecule has 0 aliphatic rings. The molecule has 0 amide bonds. The molecule has 0 spiro atoms. The standard InChI is InChI=1S/C9H13BrS/c1-7(3-5-10)9-8(2)4-6-11-9/h4,6-7H,3,5H2,1-2H3. The van der Waals surface area contributed by atoms with E-state index in [-0.39, 0.29) is 0 Å². The highest BCUT2D eigenvalue weighted by atomic mass is 79.9. The van der Waals surface area contributed by atoms with Gasteiger partial charge in [-0.25, -0.2) is 0 Å². The topological polar surface area (TPSA) is 0 Å². The first kappa shape index (κ1) is 9.27. The number of aryl methyl sites for hydroxylation is 1. The van der Waals surface area contributed by atoms with Gasteiger partial charge in [-0.05, 0) is 36.3 Å². The van der Waals surface area contributed by atoms with E-state index in [1.165, 1.54) is 12.0 Å². The van der Waals surface area contributed by atoms with E-state index < -0.39 is 0 Å². The summed E-state index contributed by atoms with van der Waals surface area (Å²) in [5, 5.41) is 3.28. The third-order valence-corrected chi connectivity index (χ3v) is 3.60. The molecule has 1 unspecified atom stereocenters. The molecule has 1 atom stereocenters. The van der Waals surface area contributed by atoms with Crippen LogP contribution in [0.5, 0.6) is 0 Å². The highest BCUT2D eigenvalue weighted by molar-refractivity contribution is 9.09. The minimum Gasteiger partial charge on any atom is -0.148 e. The second-order valence-electron chi connectivity index (χ2n) is 2.85. The lowest BCUT2D eigenvalue weighted by atomic mass is 10.0. The number of rotatable bonds is 3. The predicted molar refractivity (Wildman–Crippen MR) is 55.9 cm³/mol. The Hall–Kier alpha value is 0.180. The SMILES string of the molecule is Cc1ccsc1C(C)CCBr. The van der Waals surface area contributed by atoms with Gasteiger partial charge in [-0.15, -0.1) is 11.3 Å². The Labute approximate surface area is 80.8 Å². The lowest BCUT2D eigenvalue weighted by molar-refractivity contribution is 0.754. The van der Waals surface area contributed by atoms with Crippen molar-refractivity contribution in [2.24, 2.45) is 0 Å². The fraction of sp³-hybridized carbons (Fsp3) is 0.556. The minimum absolute atomic E-state index is 0.717. The average molecular weight is 233 g/mol. The lowest BCUT2D eigenvalue weighted by Crippen LogP contribution is -1.92. The molecule has 0 saturated heterocycles. The van der Waals surface area contributed by atoms with Gasteiger partial charge in [0.2, 0.25) is 0 Å². The Morgan fingerprint density at radius 3 is 2.82 bits per heavy atom. The Morgan fingerprint density at radius 2 is 2.36 bits per heavy atom. The van der Waals surface area contributed by atoms with E-state index in [9.17, 15) is 0 Å². The zero-order valence-corrected chi connectivity index (χ0v) is 9.33. The fourth-order valence-corrected chi connectivity index (χ4v) is 2.89. The minimum atomic E-state index is 0.717. The Bertz CT molecular complexity index is 217. The smallest absolute Gasteiger partial charge is 0.0103 e. The molecule has 0 bridgehead atoms. The van der Waals surface area contributed by atoms with Crippen molar-refractivity contribution in [3.05, 3.63) is 21.9 Å². The van der Waals surface area contributed by atoms with Gasteiger partial charge in [0.05, 0.1) is 0 Å². The molecule has 1 aromatic rings. The maximum atomic E-state index is 3.46. The Balaban J connectivity index is 2.67. The largest absolute Gasteiger partial charge is 0.148 e. The van der Waals surface area contributed by atoms with Crippen molar-refractivity contribution < 1.29 is 0 Å². The summed E-state index contributed by atoms with van der Waals surface area (Å²) in [4.78, 5) is 1.55. The van der Waals surface area contributed by atoms with Crippen LogP contribution >= 0.6 is 27.3 Å². The molecule has 0 N–H and O–H groups in total. The summed E-state index contributed by atoms with van der Waals surface area (Å²) in [6.45, 7) is 4.48. The van der Waals surface area contributed by atoms with Gasteiger partial charge in [0.25, 0.3) is 0 Å². The number of alkyl halides is 1. The molecule has 62 valence electrons. The van der Waals surface area contributed by atoms with Crippen LogP contribution in [-0.2, 0) is 0 Å². The number of hydrogen-bond acceptors (Lipinski definition) is 1. The number of thiophene rings is 1. The van der Waals surface area contributed by atoms with Crippen molar-refractivity contribution >= 4 is 27.3 Å². The van der Waals surface area contributed by atoms with Gasteiger partial charge in [-0.3, -0.25) is 0 Å². The molecular weight excluding hydrogens is 220 g/mol. The molecule has 0 aliphatic carbocycles. The van der Waals surface area contributed by atoms with Crippen molar-refractivity contribution in [2.75, 3.05) is 5.33 Å². The van der Waals surface area contributed by atoms with Crippen LogP contribution in [0, 0.1) is 6.92 Å². The van der Waals surface area contributed by atoms with Crippen molar-refractivity contribution in [1.82, 2.24) is 0 Å². The van der Waals surface area contributed by atoms with E-state index in [1.807, 2.05) is 11.3 Å². The van der Waals surface area contributed by atoms with E-state index in [0.29, 0.717) is 0 Å². The average Bonchev–Trinajstić information content (AvgIpc) is 2.36. The fourth-order valence-electron chi connectivity index (χ4n) is 1.18. The molecule has 11 heavy (non-hydrogen) atoms. The van der Waals surface area contributed by atoms with Crippen LogP contribution in [0.15, 0.2) is 11.4 Å². The molecule has 0 aromatic carbocycles. The molecule has 1 aromatic heterocycles. The van der Waals surface area contributed by atoms with Crippen LogP contribution in [0.3, 0.4) is 0 Å². The van der Waals surface area contributed by atoms with E-state index in [1.54, 1.807) is 4.88 Å². The van der Waals surface area contributed by atoms with Gasteiger partial charge >= 0.3 is 0 Å². The highest BCUT2D eigenvalue weighted by Gasteiger charge is 2.07. The van der Waals surface area contributed by atoms with Crippen molar-refractivity contribution in [3.8, 4) is 0 Å². The van der Waals surface area contributed by atoms with E-state index in [4.69, 9.17) is 0 Å². The van der Waals surface area contributed by atoms with Gasteiger partial charge in [-0.2, -0.15) is 0 Å². The first-order valence-corrected chi connectivity index (χ1v) is 5.85. The van der Waals surface area contributed by atoms with Gasteiger partial charge in [-0.1, -0.05) is 22.9 Å². The zero-order valence-electron chi connectivity index (χ0n) is 6.93. The van der Waals surface area contributed by atoms with E-state index in [0.717, 1.165) is 11.2 Å². The molecule has 2 heteroatoms. The molecule has 0 radical (unpaired) electrons. The summed E-state index contributed by atoms with van der Waals surface area (Å²) >= 11 is 5.34. The number of hydrogen-bond donors (Lipinski definition) is 0. The first-order valence-electron chi connectivity index (χ1n) is 3.85. The van der Waals surface area contributed by atoms with Gasteiger partial charge in [0, 0.05) is 10.2 Å². The summed E-state index contributed by atoms with van der Waals surface area (Å²) in [5.41, 5.74) is 1.45. The predicted octanol–water partition coefficient (Wildman–Crippen LogP) is 3.95. The Morgan fingerprint density at radius 1 is 1.64 bits per heavy atom. The maximum Gasteiger partial charge on any atom is 0.0103 e. The van der Waals surface area contributed by atoms with Crippen molar-refractivity contribution in [1.29, 1.82) is 0 Å². The first-order chi connectivity index (χ1) is 5.25. The third kappa shape index (κ3) is 2.31. The van der Waals surface area contributed by atoms with Gasteiger partial charge in [0.1, 0.15) is 0 Å². The van der Waals surface area contributed by atoms with Crippen LogP contribution in [0.4, 0.5) is 0 Å². The monoisotopic (exact) mass is 232 g/mol. The van der Waals surface area contributed by atoms with Crippen LogP contribution in [-0.4, -0.2) is 5.33 Å².